The van der Waals surface area contributed by atoms with Crippen LogP contribution in [0.4, 0.5) is 5.69 Å². The maximum absolute atomic E-state index is 11.9. The largest absolute Gasteiger partial charge is 0.493 e. The van der Waals surface area contributed by atoms with E-state index in [2.05, 4.69) is 23.4 Å². The molecule has 4 bridgehead atoms. The lowest BCUT2D eigenvalue weighted by Crippen LogP contribution is -2.41. The number of carbonyl (C=O) groups is 1. The van der Waals surface area contributed by atoms with Crippen LogP contribution in [-0.4, -0.2) is 71.5 Å². The number of hydrogen-bond acceptors (Lipinski definition) is 7. The van der Waals surface area contributed by atoms with Gasteiger partial charge in [-0.15, -0.1) is 0 Å². The minimum atomic E-state index is -0.0251. The summed E-state index contributed by atoms with van der Waals surface area (Å²) in [4.78, 5) is 18.6. The maximum atomic E-state index is 11.9. The molecule has 35 heavy (non-hydrogen) atoms. The number of nitrogens with zero attached hydrogens (tertiary/aromatic N) is 4. The molecular weight excluding hydrogens is 446 g/mol. The number of anilines is 1. The third-order valence-electron chi connectivity index (χ3n) is 6.69. The van der Waals surface area contributed by atoms with E-state index in [1.54, 1.807) is 4.52 Å². The zero-order valence-electron chi connectivity index (χ0n) is 20.4. The first-order valence-electron chi connectivity index (χ1n) is 12.4. The standard InChI is InChI=1S/C26H33N5O4/c1-3-4-22-16-35-26-18(2)13-31-25(29-26)24(12-28-31)20-9-21(27-6-7-30(22)17-32)11-23(10-20)34-15-19-5-8-33-14-19/h9-13,17,19,22,27H,3-8,14-16H2,1-2H3. The second kappa shape index (κ2) is 10.5. The molecule has 0 spiro atoms. The number of carbonyl (C=O) groups excluding carboxylic acids is 1. The first-order valence-corrected chi connectivity index (χ1v) is 12.4. The average Bonchev–Trinajstić information content (AvgIpc) is 3.52. The van der Waals surface area contributed by atoms with E-state index in [1.165, 1.54) is 0 Å². The second-order valence-electron chi connectivity index (χ2n) is 9.37. The Hall–Kier alpha value is -3.33. The number of rotatable bonds is 6. The number of benzene rings is 1. The lowest BCUT2D eigenvalue weighted by molar-refractivity contribution is -0.120. The van der Waals surface area contributed by atoms with Gasteiger partial charge in [-0.1, -0.05) is 13.3 Å². The lowest BCUT2D eigenvalue weighted by Gasteiger charge is -2.28. The highest BCUT2D eigenvalue weighted by molar-refractivity contribution is 5.80. The van der Waals surface area contributed by atoms with E-state index in [4.69, 9.17) is 19.2 Å². The summed E-state index contributed by atoms with van der Waals surface area (Å²) in [5.74, 6) is 1.75. The van der Waals surface area contributed by atoms with E-state index >= 15 is 0 Å². The van der Waals surface area contributed by atoms with E-state index in [0.29, 0.717) is 43.7 Å². The Labute approximate surface area is 205 Å². The van der Waals surface area contributed by atoms with Gasteiger partial charge in [-0.2, -0.15) is 10.1 Å². The number of hydrogen-bond donors (Lipinski definition) is 1. The Kier molecular flexibility index (Phi) is 7.03. The van der Waals surface area contributed by atoms with Crippen LogP contribution in [0.5, 0.6) is 11.6 Å². The SMILES string of the molecule is CCCC1COc2nc3c(cnn3cc2C)-c2cc(cc(OCC3CCOC3)c2)NCCN1C=O. The van der Waals surface area contributed by atoms with Gasteiger partial charge in [-0.25, -0.2) is 4.52 Å². The van der Waals surface area contributed by atoms with Gasteiger partial charge < -0.3 is 24.4 Å². The van der Waals surface area contributed by atoms with Crippen molar-refractivity contribution in [2.45, 2.75) is 39.2 Å². The van der Waals surface area contributed by atoms with Crippen molar-refractivity contribution in [3.63, 3.8) is 0 Å². The van der Waals surface area contributed by atoms with E-state index in [9.17, 15) is 4.79 Å². The molecule has 0 radical (unpaired) electrons. The van der Waals surface area contributed by atoms with Gasteiger partial charge in [0.25, 0.3) is 0 Å². The van der Waals surface area contributed by atoms with Crippen LogP contribution in [0, 0.1) is 12.8 Å². The molecule has 0 saturated carbocycles. The highest BCUT2D eigenvalue weighted by atomic mass is 16.5. The van der Waals surface area contributed by atoms with Crippen LogP contribution >= 0.6 is 0 Å². The monoisotopic (exact) mass is 479 g/mol. The van der Waals surface area contributed by atoms with Crippen molar-refractivity contribution in [2.24, 2.45) is 5.92 Å². The molecule has 1 N–H and O–H groups in total. The van der Waals surface area contributed by atoms with Gasteiger partial charge in [0.1, 0.15) is 12.4 Å². The lowest BCUT2D eigenvalue weighted by atomic mass is 10.1. The smallest absolute Gasteiger partial charge is 0.219 e. The third kappa shape index (κ3) is 5.19. The molecule has 9 heteroatoms. The summed E-state index contributed by atoms with van der Waals surface area (Å²) in [5.41, 5.74) is 4.40. The van der Waals surface area contributed by atoms with Crippen molar-refractivity contribution in [2.75, 3.05) is 44.8 Å². The van der Waals surface area contributed by atoms with Gasteiger partial charge in [-0.05, 0) is 37.5 Å². The van der Waals surface area contributed by atoms with Gasteiger partial charge in [0.2, 0.25) is 12.3 Å². The molecule has 1 saturated heterocycles. The molecule has 2 aliphatic rings. The fourth-order valence-electron chi connectivity index (χ4n) is 4.71. The number of nitrogens with one attached hydrogen (secondary N) is 1. The predicted molar refractivity (Wildman–Crippen MR) is 133 cm³/mol. The van der Waals surface area contributed by atoms with Crippen molar-refractivity contribution in [1.29, 1.82) is 0 Å². The Morgan fingerprint density at radius 2 is 2.20 bits per heavy atom. The summed E-state index contributed by atoms with van der Waals surface area (Å²) in [6, 6.07) is 6.09. The van der Waals surface area contributed by atoms with E-state index in [0.717, 1.165) is 67.0 Å². The van der Waals surface area contributed by atoms with Crippen molar-refractivity contribution < 1.29 is 19.0 Å². The molecule has 2 aromatic heterocycles. The predicted octanol–water partition coefficient (Wildman–Crippen LogP) is 3.55. The number of aromatic nitrogens is 3. The van der Waals surface area contributed by atoms with Crippen LogP contribution in [0.15, 0.2) is 30.6 Å². The summed E-state index contributed by atoms with van der Waals surface area (Å²) in [6.45, 7) is 7.81. The Morgan fingerprint density at radius 1 is 1.29 bits per heavy atom. The molecule has 5 rings (SSSR count). The topological polar surface area (TPSA) is 90.2 Å². The number of aryl methyl sites for hydroxylation is 1. The molecular formula is C26H33N5O4. The molecule has 2 aliphatic heterocycles. The van der Waals surface area contributed by atoms with Crippen LogP contribution in [0.2, 0.25) is 0 Å². The van der Waals surface area contributed by atoms with Crippen LogP contribution < -0.4 is 14.8 Å². The summed E-state index contributed by atoms with van der Waals surface area (Å²) in [7, 11) is 0. The van der Waals surface area contributed by atoms with E-state index in [1.807, 2.05) is 36.4 Å². The molecule has 4 heterocycles. The third-order valence-corrected chi connectivity index (χ3v) is 6.69. The number of fused-ring (bicyclic) bond motifs is 4. The zero-order chi connectivity index (χ0) is 24.2. The van der Waals surface area contributed by atoms with Crippen molar-refractivity contribution >= 4 is 17.7 Å². The number of amides is 1. The summed E-state index contributed by atoms with van der Waals surface area (Å²) < 4.78 is 19.6. The van der Waals surface area contributed by atoms with Crippen molar-refractivity contribution in [3.05, 3.63) is 36.2 Å². The molecule has 186 valence electrons. The molecule has 1 fully saturated rings. The molecule has 2 atom stereocenters. The van der Waals surface area contributed by atoms with Gasteiger partial charge in [0, 0.05) is 54.7 Å². The molecule has 2 unspecified atom stereocenters. The molecule has 1 amide bonds. The van der Waals surface area contributed by atoms with E-state index in [-0.39, 0.29) is 6.04 Å². The second-order valence-corrected chi connectivity index (χ2v) is 9.37. The first kappa shape index (κ1) is 23.4. The minimum Gasteiger partial charge on any atom is -0.493 e. The fourth-order valence-corrected chi connectivity index (χ4v) is 4.71. The molecule has 3 aromatic rings. The van der Waals surface area contributed by atoms with Crippen molar-refractivity contribution in [1.82, 2.24) is 19.5 Å². The maximum Gasteiger partial charge on any atom is 0.219 e. The van der Waals surface area contributed by atoms with Crippen LogP contribution in [-0.2, 0) is 9.53 Å². The number of ether oxygens (including phenoxy) is 3. The molecule has 0 aliphatic carbocycles. The van der Waals surface area contributed by atoms with Gasteiger partial charge in [0.15, 0.2) is 5.65 Å². The van der Waals surface area contributed by atoms with Crippen molar-refractivity contribution in [3.8, 4) is 22.8 Å². The highest BCUT2D eigenvalue weighted by Gasteiger charge is 2.21. The Bertz CT molecular complexity index is 1170. The van der Waals surface area contributed by atoms with Crippen LogP contribution in [0.25, 0.3) is 16.8 Å². The highest BCUT2D eigenvalue weighted by Crippen LogP contribution is 2.32. The van der Waals surface area contributed by atoms with Gasteiger partial charge in [0.05, 0.1) is 25.5 Å². The van der Waals surface area contributed by atoms with Crippen LogP contribution in [0.3, 0.4) is 0 Å². The van der Waals surface area contributed by atoms with Gasteiger partial charge in [-0.3, -0.25) is 4.79 Å². The quantitative estimate of drug-likeness (QED) is 0.541. The summed E-state index contributed by atoms with van der Waals surface area (Å²) >= 11 is 0. The summed E-state index contributed by atoms with van der Waals surface area (Å²) in [6.07, 6.45) is 7.52. The molecule has 9 nitrogen and oxygen atoms in total. The molecule has 1 aromatic carbocycles. The first-order chi connectivity index (χ1) is 17.1. The average molecular weight is 480 g/mol. The van der Waals surface area contributed by atoms with E-state index < -0.39 is 0 Å². The Morgan fingerprint density at radius 3 is 3.00 bits per heavy atom. The Balaban J connectivity index is 1.53. The minimum absolute atomic E-state index is 0.0251. The zero-order valence-corrected chi connectivity index (χ0v) is 20.4. The normalized spacial score (nSPS) is 20.3. The fraction of sp³-hybridized carbons (Fsp3) is 0.500. The van der Waals surface area contributed by atoms with Crippen LogP contribution in [0.1, 0.15) is 31.7 Å². The van der Waals surface area contributed by atoms with Gasteiger partial charge >= 0.3 is 0 Å². The summed E-state index contributed by atoms with van der Waals surface area (Å²) in [5, 5.41) is 8.02.